The van der Waals surface area contributed by atoms with Gasteiger partial charge in [-0.3, -0.25) is 4.79 Å². The number of rotatable bonds is 8. The molecule has 0 N–H and O–H groups in total. The minimum Gasteiger partial charge on any atom is -0.343 e. The minimum atomic E-state index is 0.409. The molecule has 2 fully saturated rings. The Morgan fingerprint density at radius 2 is 1.78 bits per heavy atom. The van der Waals surface area contributed by atoms with E-state index in [1.165, 1.54) is 62.7 Å². The average molecular weight is 371 g/mol. The van der Waals surface area contributed by atoms with Crippen molar-refractivity contribution >= 4 is 5.91 Å². The van der Waals surface area contributed by atoms with Crippen molar-refractivity contribution in [2.45, 2.75) is 65.2 Å². The third kappa shape index (κ3) is 6.07. The number of hydrogen-bond donors (Lipinski definition) is 0. The molecule has 150 valence electrons. The van der Waals surface area contributed by atoms with E-state index in [4.69, 9.17) is 0 Å². The molecule has 0 atom stereocenters. The van der Waals surface area contributed by atoms with Crippen LogP contribution < -0.4 is 0 Å². The smallest absolute Gasteiger partial charge is 0.222 e. The van der Waals surface area contributed by atoms with Crippen LogP contribution in [0.1, 0.15) is 63.0 Å². The predicted molar refractivity (Wildman–Crippen MR) is 113 cm³/mol. The number of carbonyl (C=O) groups is 1. The van der Waals surface area contributed by atoms with Gasteiger partial charge in [0.2, 0.25) is 5.91 Å². The standard InChI is InChI=1S/C24H38N2O/c1-3-26(24(27)18-21-9-5-6-10-21)19-22-12-15-25(16-13-22)17-14-23-11-7-4-8-20(23)2/h4,7-8,11,21-22H,3,5-6,9-10,12-19H2,1-2H3. The lowest BCUT2D eigenvalue weighted by atomic mass is 9.95. The highest BCUT2D eigenvalue weighted by Crippen LogP contribution is 2.28. The first-order chi connectivity index (χ1) is 13.2. The highest BCUT2D eigenvalue weighted by atomic mass is 16.2. The fourth-order valence-electron chi connectivity index (χ4n) is 4.87. The van der Waals surface area contributed by atoms with Crippen molar-refractivity contribution in [2.24, 2.45) is 11.8 Å². The summed E-state index contributed by atoms with van der Waals surface area (Å²) < 4.78 is 0. The average Bonchev–Trinajstić information content (AvgIpc) is 3.19. The molecule has 0 radical (unpaired) electrons. The molecular formula is C24H38N2O. The first-order valence-corrected chi connectivity index (χ1v) is 11.2. The number of benzene rings is 1. The Balaban J connectivity index is 1.38. The van der Waals surface area contributed by atoms with E-state index in [-0.39, 0.29) is 0 Å². The third-order valence-electron chi connectivity index (χ3n) is 6.82. The van der Waals surface area contributed by atoms with Gasteiger partial charge >= 0.3 is 0 Å². The molecule has 0 unspecified atom stereocenters. The number of likely N-dealkylation sites (tertiary alicyclic amines) is 1. The Morgan fingerprint density at radius 1 is 1.07 bits per heavy atom. The van der Waals surface area contributed by atoms with Gasteiger partial charge in [-0.25, -0.2) is 0 Å². The van der Waals surface area contributed by atoms with Crippen molar-refractivity contribution in [3.63, 3.8) is 0 Å². The highest BCUT2D eigenvalue weighted by Gasteiger charge is 2.25. The van der Waals surface area contributed by atoms with Crippen molar-refractivity contribution in [3.05, 3.63) is 35.4 Å². The molecule has 27 heavy (non-hydrogen) atoms. The first-order valence-electron chi connectivity index (χ1n) is 11.2. The molecule has 1 heterocycles. The molecule has 3 rings (SSSR count). The van der Waals surface area contributed by atoms with Crippen molar-refractivity contribution in [2.75, 3.05) is 32.7 Å². The van der Waals surface area contributed by atoms with E-state index < -0.39 is 0 Å². The summed E-state index contributed by atoms with van der Waals surface area (Å²) in [6.07, 6.45) is 9.60. The molecule has 1 aliphatic carbocycles. The number of piperidine rings is 1. The Hall–Kier alpha value is -1.35. The van der Waals surface area contributed by atoms with E-state index in [2.05, 4.69) is 47.9 Å². The van der Waals surface area contributed by atoms with E-state index in [0.29, 0.717) is 17.7 Å². The van der Waals surface area contributed by atoms with Crippen molar-refractivity contribution < 1.29 is 4.79 Å². The van der Waals surface area contributed by atoms with E-state index in [1.54, 1.807) is 0 Å². The summed E-state index contributed by atoms with van der Waals surface area (Å²) in [6, 6.07) is 8.75. The maximum atomic E-state index is 12.7. The molecule has 1 aromatic rings. The molecule has 1 aliphatic heterocycles. The van der Waals surface area contributed by atoms with E-state index in [9.17, 15) is 4.79 Å². The summed E-state index contributed by atoms with van der Waals surface area (Å²) in [4.78, 5) is 17.4. The Morgan fingerprint density at radius 3 is 2.44 bits per heavy atom. The molecule has 1 aromatic carbocycles. The second-order valence-corrected chi connectivity index (χ2v) is 8.75. The van der Waals surface area contributed by atoms with Crippen LogP contribution in [0.4, 0.5) is 0 Å². The summed E-state index contributed by atoms with van der Waals surface area (Å²) in [5.74, 6) is 1.76. The largest absolute Gasteiger partial charge is 0.343 e. The molecule has 0 spiro atoms. The SMILES string of the molecule is CCN(CC1CCN(CCc2ccccc2C)CC1)C(=O)CC1CCCC1. The topological polar surface area (TPSA) is 23.6 Å². The predicted octanol–water partition coefficient (Wildman–Crippen LogP) is 4.68. The van der Waals surface area contributed by atoms with Gasteiger partial charge in [-0.1, -0.05) is 37.1 Å². The fourth-order valence-corrected chi connectivity index (χ4v) is 4.87. The normalized spacial score (nSPS) is 19.5. The fraction of sp³-hybridized carbons (Fsp3) is 0.708. The third-order valence-corrected chi connectivity index (χ3v) is 6.82. The van der Waals surface area contributed by atoms with Crippen LogP contribution in [0.15, 0.2) is 24.3 Å². The van der Waals surface area contributed by atoms with Gasteiger partial charge in [0, 0.05) is 26.1 Å². The van der Waals surface area contributed by atoms with Gasteiger partial charge in [-0.2, -0.15) is 0 Å². The monoisotopic (exact) mass is 370 g/mol. The summed E-state index contributed by atoms with van der Waals surface area (Å²) in [5.41, 5.74) is 2.89. The van der Waals surface area contributed by atoms with Crippen molar-refractivity contribution in [1.29, 1.82) is 0 Å². The molecule has 3 nitrogen and oxygen atoms in total. The zero-order valence-electron chi connectivity index (χ0n) is 17.5. The van der Waals surface area contributed by atoms with E-state index >= 15 is 0 Å². The van der Waals surface area contributed by atoms with Crippen LogP contribution >= 0.6 is 0 Å². The van der Waals surface area contributed by atoms with E-state index in [0.717, 1.165) is 32.5 Å². The number of aryl methyl sites for hydroxylation is 1. The van der Waals surface area contributed by atoms with Crippen LogP contribution in [-0.4, -0.2) is 48.4 Å². The number of amides is 1. The number of hydrogen-bond acceptors (Lipinski definition) is 2. The van der Waals surface area contributed by atoms with Crippen molar-refractivity contribution in [3.8, 4) is 0 Å². The quantitative estimate of drug-likeness (QED) is 0.663. The van der Waals surface area contributed by atoms with Crippen LogP contribution in [0, 0.1) is 18.8 Å². The maximum absolute atomic E-state index is 12.7. The van der Waals surface area contributed by atoms with Gasteiger partial charge in [-0.05, 0) is 82.0 Å². The van der Waals surface area contributed by atoms with Gasteiger partial charge in [0.05, 0.1) is 0 Å². The molecular weight excluding hydrogens is 332 g/mol. The minimum absolute atomic E-state index is 0.409. The zero-order chi connectivity index (χ0) is 19.1. The molecule has 3 heteroatoms. The molecule has 2 aliphatic rings. The zero-order valence-corrected chi connectivity index (χ0v) is 17.5. The molecule has 1 amide bonds. The van der Waals surface area contributed by atoms with Crippen LogP contribution in [0.25, 0.3) is 0 Å². The van der Waals surface area contributed by atoms with Gasteiger partial charge in [0.15, 0.2) is 0 Å². The number of nitrogens with zero attached hydrogens (tertiary/aromatic N) is 2. The lowest BCUT2D eigenvalue weighted by Gasteiger charge is -2.35. The molecule has 1 saturated carbocycles. The second-order valence-electron chi connectivity index (χ2n) is 8.75. The first kappa shape index (κ1) is 20.4. The van der Waals surface area contributed by atoms with Gasteiger partial charge in [-0.15, -0.1) is 0 Å². The summed E-state index contributed by atoms with van der Waals surface area (Å²) in [7, 11) is 0. The van der Waals surface area contributed by atoms with Gasteiger partial charge < -0.3 is 9.80 Å². The molecule has 0 aromatic heterocycles. The van der Waals surface area contributed by atoms with Gasteiger partial charge in [0.25, 0.3) is 0 Å². The summed E-state index contributed by atoms with van der Waals surface area (Å²) in [6.45, 7) is 9.74. The van der Waals surface area contributed by atoms with E-state index in [1.807, 2.05) is 0 Å². The van der Waals surface area contributed by atoms with Crippen LogP contribution in [0.5, 0.6) is 0 Å². The lowest BCUT2D eigenvalue weighted by molar-refractivity contribution is -0.132. The number of carbonyl (C=O) groups excluding carboxylic acids is 1. The van der Waals surface area contributed by atoms with Crippen molar-refractivity contribution in [1.82, 2.24) is 9.80 Å². The summed E-state index contributed by atoms with van der Waals surface area (Å²) >= 11 is 0. The van der Waals surface area contributed by atoms with Crippen LogP contribution in [0.2, 0.25) is 0 Å². The Bertz CT molecular complexity index is 586. The summed E-state index contributed by atoms with van der Waals surface area (Å²) in [5, 5.41) is 0. The highest BCUT2D eigenvalue weighted by molar-refractivity contribution is 5.76. The van der Waals surface area contributed by atoms with Crippen LogP contribution in [-0.2, 0) is 11.2 Å². The van der Waals surface area contributed by atoms with Gasteiger partial charge in [0.1, 0.15) is 0 Å². The molecule has 1 saturated heterocycles. The lowest BCUT2D eigenvalue weighted by Crippen LogP contribution is -2.41. The Kier molecular flexibility index (Phi) is 7.75. The maximum Gasteiger partial charge on any atom is 0.222 e. The van der Waals surface area contributed by atoms with Crippen LogP contribution in [0.3, 0.4) is 0 Å². The second kappa shape index (κ2) is 10.3. The Labute approximate surface area is 166 Å². The molecule has 0 bridgehead atoms.